The Hall–Kier alpha value is -0.610. The van der Waals surface area contributed by atoms with Gasteiger partial charge in [0.1, 0.15) is 0 Å². The zero-order chi connectivity index (χ0) is 9.42. The molecule has 4 heteroatoms. The van der Waals surface area contributed by atoms with E-state index in [9.17, 15) is 9.90 Å². The molecule has 2 aliphatic rings. The minimum Gasteiger partial charge on any atom is -0.481 e. The van der Waals surface area contributed by atoms with Gasteiger partial charge in [-0.1, -0.05) is 0 Å². The Bertz CT molecular complexity index is 216. The van der Waals surface area contributed by atoms with Gasteiger partial charge in [0.25, 0.3) is 0 Å². The van der Waals surface area contributed by atoms with Gasteiger partial charge in [-0.2, -0.15) is 0 Å². The van der Waals surface area contributed by atoms with E-state index in [4.69, 9.17) is 9.84 Å². The summed E-state index contributed by atoms with van der Waals surface area (Å²) < 4.78 is 5.53. The summed E-state index contributed by atoms with van der Waals surface area (Å²) in [4.78, 5) is 10.4. The van der Waals surface area contributed by atoms with Gasteiger partial charge in [-0.05, 0) is 19.3 Å². The second-order valence-corrected chi connectivity index (χ2v) is 3.94. The van der Waals surface area contributed by atoms with Gasteiger partial charge in [-0.15, -0.1) is 0 Å². The lowest BCUT2D eigenvalue weighted by atomic mass is 9.84. The topological polar surface area (TPSA) is 66.8 Å². The highest BCUT2D eigenvalue weighted by molar-refractivity contribution is 5.67. The molecule has 0 saturated carbocycles. The zero-order valence-electron chi connectivity index (χ0n) is 7.35. The van der Waals surface area contributed by atoms with Gasteiger partial charge >= 0.3 is 5.97 Å². The molecule has 4 nitrogen and oxygen atoms in total. The quantitative estimate of drug-likeness (QED) is 0.669. The zero-order valence-corrected chi connectivity index (χ0v) is 7.35. The van der Waals surface area contributed by atoms with Crippen LogP contribution in [0.15, 0.2) is 0 Å². The molecule has 2 bridgehead atoms. The number of carboxylic acid groups (broad SMARTS) is 1. The van der Waals surface area contributed by atoms with Crippen molar-refractivity contribution in [1.82, 2.24) is 0 Å². The van der Waals surface area contributed by atoms with Gasteiger partial charge < -0.3 is 14.9 Å². The van der Waals surface area contributed by atoms with E-state index in [2.05, 4.69) is 0 Å². The van der Waals surface area contributed by atoms with E-state index in [1.807, 2.05) is 0 Å². The van der Waals surface area contributed by atoms with Crippen molar-refractivity contribution in [2.24, 2.45) is 5.92 Å². The molecule has 0 radical (unpaired) electrons. The van der Waals surface area contributed by atoms with Gasteiger partial charge in [-0.3, -0.25) is 4.79 Å². The molecule has 2 fully saturated rings. The number of carboxylic acids is 1. The van der Waals surface area contributed by atoms with Crippen LogP contribution in [0, 0.1) is 5.92 Å². The summed E-state index contributed by atoms with van der Waals surface area (Å²) in [5.74, 6) is -0.884. The molecule has 13 heavy (non-hydrogen) atoms. The second-order valence-electron chi connectivity index (χ2n) is 3.94. The van der Waals surface area contributed by atoms with Gasteiger partial charge in [0.2, 0.25) is 0 Å². The Morgan fingerprint density at radius 3 is 2.77 bits per heavy atom. The van der Waals surface area contributed by atoms with Crippen LogP contribution in [0.5, 0.6) is 0 Å². The molecule has 0 aromatic rings. The predicted molar refractivity (Wildman–Crippen MR) is 44.3 cm³/mol. The largest absolute Gasteiger partial charge is 0.481 e. The minimum absolute atomic E-state index is 0.0508. The van der Waals surface area contributed by atoms with Crippen molar-refractivity contribution in [3.63, 3.8) is 0 Å². The van der Waals surface area contributed by atoms with Crippen LogP contribution in [0.2, 0.25) is 0 Å². The van der Waals surface area contributed by atoms with Crippen molar-refractivity contribution >= 4 is 5.97 Å². The van der Waals surface area contributed by atoms with E-state index in [1.165, 1.54) is 0 Å². The minimum atomic E-state index is -0.935. The molecule has 74 valence electrons. The van der Waals surface area contributed by atoms with Crippen molar-refractivity contribution in [2.45, 2.75) is 44.0 Å². The Morgan fingerprint density at radius 2 is 2.31 bits per heavy atom. The molecule has 0 spiro atoms. The Balaban J connectivity index is 1.91. The van der Waals surface area contributed by atoms with Gasteiger partial charge in [0, 0.05) is 5.92 Å². The molecular formula is C9H14O4. The van der Waals surface area contributed by atoms with Crippen LogP contribution in [0.3, 0.4) is 0 Å². The molecule has 2 saturated heterocycles. The molecule has 2 heterocycles. The standard InChI is InChI=1S/C9H14O4/c10-7(4-9(11)12)6-3-5-1-2-8(6)13-5/h5-8,10H,1-4H2,(H,11,12)/t5?,6?,7-,8?/m1/s1. The molecular weight excluding hydrogens is 172 g/mol. The molecule has 4 atom stereocenters. The predicted octanol–water partition coefficient (Wildman–Crippen LogP) is 0.389. The number of aliphatic hydroxyl groups is 1. The van der Waals surface area contributed by atoms with Gasteiger partial charge in [0.15, 0.2) is 0 Å². The molecule has 2 N–H and O–H groups in total. The summed E-state index contributed by atoms with van der Waals surface area (Å²) in [6.07, 6.45) is 2.38. The monoisotopic (exact) mass is 186 g/mol. The highest BCUT2D eigenvalue weighted by Gasteiger charge is 2.44. The molecule has 0 amide bonds. The van der Waals surface area contributed by atoms with Crippen molar-refractivity contribution in [2.75, 3.05) is 0 Å². The summed E-state index contributed by atoms with van der Waals surface area (Å²) >= 11 is 0. The summed E-state index contributed by atoms with van der Waals surface area (Å²) in [6.45, 7) is 0. The van der Waals surface area contributed by atoms with E-state index in [0.717, 1.165) is 19.3 Å². The van der Waals surface area contributed by atoms with Gasteiger partial charge in [0.05, 0.1) is 24.7 Å². The van der Waals surface area contributed by atoms with E-state index < -0.39 is 12.1 Å². The van der Waals surface area contributed by atoms with Crippen LogP contribution < -0.4 is 0 Å². The smallest absolute Gasteiger partial charge is 0.305 e. The first-order chi connectivity index (χ1) is 6.16. The van der Waals surface area contributed by atoms with Crippen molar-refractivity contribution in [3.8, 4) is 0 Å². The number of rotatable bonds is 3. The number of fused-ring (bicyclic) bond motifs is 2. The second kappa shape index (κ2) is 3.27. The molecule has 0 aromatic heterocycles. The number of aliphatic carboxylic acids is 1. The molecule has 3 unspecified atom stereocenters. The Labute approximate surface area is 76.5 Å². The maximum atomic E-state index is 10.4. The van der Waals surface area contributed by atoms with Crippen LogP contribution in [-0.2, 0) is 9.53 Å². The lowest BCUT2D eigenvalue weighted by Gasteiger charge is -2.22. The molecule has 0 aliphatic carbocycles. The van der Waals surface area contributed by atoms with E-state index >= 15 is 0 Å². The van der Waals surface area contributed by atoms with Crippen LogP contribution in [0.25, 0.3) is 0 Å². The maximum absolute atomic E-state index is 10.4. The fraction of sp³-hybridized carbons (Fsp3) is 0.889. The highest BCUT2D eigenvalue weighted by Crippen LogP contribution is 2.40. The number of ether oxygens (including phenoxy) is 1. The van der Waals surface area contributed by atoms with Crippen molar-refractivity contribution < 1.29 is 19.7 Å². The number of aliphatic hydroxyl groups excluding tert-OH is 1. The molecule has 0 aromatic carbocycles. The van der Waals surface area contributed by atoms with Crippen LogP contribution in [0.4, 0.5) is 0 Å². The Kier molecular flexibility index (Phi) is 2.26. The summed E-state index contributed by atoms with van der Waals surface area (Å²) in [5, 5.41) is 18.1. The van der Waals surface area contributed by atoms with E-state index in [0.29, 0.717) is 0 Å². The van der Waals surface area contributed by atoms with E-state index in [-0.39, 0.29) is 24.5 Å². The molecule has 2 rings (SSSR count). The summed E-state index contributed by atoms with van der Waals surface area (Å²) in [6, 6.07) is 0. The fourth-order valence-corrected chi connectivity index (χ4v) is 2.41. The normalized spacial score (nSPS) is 39.3. The summed E-state index contributed by atoms with van der Waals surface area (Å²) in [5.41, 5.74) is 0. The maximum Gasteiger partial charge on any atom is 0.305 e. The lowest BCUT2D eigenvalue weighted by molar-refractivity contribution is -0.140. The number of hydrogen-bond donors (Lipinski definition) is 2. The number of hydrogen-bond acceptors (Lipinski definition) is 3. The fourth-order valence-electron chi connectivity index (χ4n) is 2.41. The lowest BCUT2D eigenvalue weighted by Crippen LogP contribution is -2.31. The van der Waals surface area contributed by atoms with Crippen LogP contribution in [0.1, 0.15) is 25.7 Å². The third-order valence-corrected chi connectivity index (χ3v) is 3.03. The molecule has 2 aliphatic heterocycles. The first-order valence-corrected chi connectivity index (χ1v) is 4.72. The summed E-state index contributed by atoms with van der Waals surface area (Å²) in [7, 11) is 0. The first-order valence-electron chi connectivity index (χ1n) is 4.72. The van der Waals surface area contributed by atoms with E-state index in [1.54, 1.807) is 0 Å². The van der Waals surface area contributed by atoms with Crippen LogP contribution >= 0.6 is 0 Å². The van der Waals surface area contributed by atoms with Crippen molar-refractivity contribution in [1.29, 1.82) is 0 Å². The van der Waals surface area contributed by atoms with Gasteiger partial charge in [-0.25, -0.2) is 0 Å². The highest BCUT2D eigenvalue weighted by atomic mass is 16.5. The van der Waals surface area contributed by atoms with Crippen molar-refractivity contribution in [3.05, 3.63) is 0 Å². The average Bonchev–Trinajstić information content (AvgIpc) is 2.62. The average molecular weight is 186 g/mol. The SMILES string of the molecule is O=C(O)C[C@@H](O)C1CC2CCC1O2. The van der Waals surface area contributed by atoms with Crippen LogP contribution in [-0.4, -0.2) is 34.5 Å². The Morgan fingerprint density at radius 1 is 1.54 bits per heavy atom. The first kappa shape index (κ1) is 8.97. The third-order valence-electron chi connectivity index (χ3n) is 3.03. The number of carbonyl (C=O) groups is 1. The third kappa shape index (κ3) is 1.69.